The number of ether oxygens (including phenoxy) is 1. The van der Waals surface area contributed by atoms with E-state index in [9.17, 15) is 10.5 Å². The second-order valence-corrected chi connectivity index (χ2v) is 8.37. The molecule has 6 nitrogen and oxygen atoms in total. The third-order valence-corrected chi connectivity index (χ3v) is 5.91. The molecule has 0 saturated carbocycles. The molecule has 2 N–H and O–H groups in total. The Labute approximate surface area is 187 Å². The summed E-state index contributed by atoms with van der Waals surface area (Å²) in [4.78, 5) is 4.62. The Morgan fingerprint density at radius 3 is 2.50 bits per heavy atom. The Bertz CT molecular complexity index is 1360. The lowest BCUT2D eigenvalue weighted by Gasteiger charge is -2.16. The Hall–Kier alpha value is -2.57. The lowest BCUT2D eigenvalue weighted by atomic mass is 9.95. The maximum Gasteiger partial charge on any atom is 0.158 e. The summed E-state index contributed by atoms with van der Waals surface area (Å²) in [5.74, 6) is 0.838. The summed E-state index contributed by atoms with van der Waals surface area (Å²) in [7, 11) is 1.57. The second-order valence-electron chi connectivity index (χ2n) is 5.96. The van der Waals surface area contributed by atoms with E-state index >= 15 is 0 Å². The van der Waals surface area contributed by atoms with Gasteiger partial charge in [0.1, 0.15) is 34.8 Å². The van der Waals surface area contributed by atoms with Crippen molar-refractivity contribution >= 4 is 67.7 Å². The Balaban J connectivity index is 2.28. The van der Waals surface area contributed by atoms with Gasteiger partial charge in [0, 0.05) is 14.7 Å². The Morgan fingerprint density at radius 1 is 1.11 bits per heavy atom. The summed E-state index contributed by atoms with van der Waals surface area (Å²) in [6, 6.07) is 15.7. The third kappa shape index (κ3) is 2.67. The predicted octanol–water partition coefficient (Wildman–Crippen LogP) is 4.70. The number of nitrogen functional groups attached to an aromatic ring is 1. The molecule has 0 amide bonds. The minimum absolute atomic E-state index is 0.225. The normalized spacial score (nSPS) is 10.8. The van der Waals surface area contributed by atoms with Gasteiger partial charge in [0.15, 0.2) is 5.65 Å². The second kappa shape index (κ2) is 7.11. The molecule has 2 aromatic carbocycles. The first-order chi connectivity index (χ1) is 13.5. The van der Waals surface area contributed by atoms with Crippen LogP contribution in [0.5, 0.6) is 5.75 Å². The smallest absolute Gasteiger partial charge is 0.158 e. The standard InChI is InChI=1S/C20H11I2N5O/c1-28-18-11(6-10(21)7-14(18)22)17-12(8-23)19(25)27-16-5-3-2-4-15(16)26-20(27)13(17)9-24/h2-7H,25H2,1H3. The molecule has 0 saturated heterocycles. The molecule has 136 valence electrons. The molecule has 0 bridgehead atoms. The zero-order valence-electron chi connectivity index (χ0n) is 14.5. The van der Waals surface area contributed by atoms with E-state index in [2.05, 4.69) is 62.3 Å². The number of halogens is 2. The van der Waals surface area contributed by atoms with E-state index in [1.54, 1.807) is 11.5 Å². The molecule has 0 radical (unpaired) electrons. The van der Waals surface area contributed by atoms with Gasteiger partial charge in [0.25, 0.3) is 0 Å². The van der Waals surface area contributed by atoms with E-state index in [1.165, 1.54) is 0 Å². The van der Waals surface area contributed by atoms with Crippen LogP contribution < -0.4 is 10.5 Å². The first kappa shape index (κ1) is 18.8. The number of nitrogens with two attached hydrogens (primary N) is 1. The van der Waals surface area contributed by atoms with Crippen LogP contribution in [0.25, 0.3) is 27.8 Å². The molecule has 0 unspecified atom stereocenters. The first-order valence-corrected chi connectivity index (χ1v) is 10.2. The van der Waals surface area contributed by atoms with Crippen molar-refractivity contribution < 1.29 is 4.74 Å². The zero-order chi connectivity index (χ0) is 20.0. The number of fused-ring (bicyclic) bond motifs is 3. The highest BCUT2D eigenvalue weighted by Gasteiger charge is 2.25. The number of rotatable bonds is 2. The molecule has 2 heterocycles. The fourth-order valence-corrected chi connectivity index (χ4v) is 5.42. The molecule has 4 aromatic rings. The Morgan fingerprint density at radius 2 is 1.82 bits per heavy atom. The number of hydrogen-bond acceptors (Lipinski definition) is 5. The molecule has 0 aliphatic rings. The van der Waals surface area contributed by atoms with E-state index in [4.69, 9.17) is 10.5 Å². The van der Waals surface area contributed by atoms with Crippen LogP contribution >= 0.6 is 45.2 Å². The van der Waals surface area contributed by atoms with Gasteiger partial charge < -0.3 is 10.5 Å². The molecule has 0 aliphatic heterocycles. The molecular weight excluding hydrogens is 580 g/mol. The molecule has 8 heteroatoms. The molecule has 0 fully saturated rings. The Kier molecular flexibility index (Phi) is 4.77. The number of aromatic nitrogens is 2. The van der Waals surface area contributed by atoms with Gasteiger partial charge in [-0.2, -0.15) is 10.5 Å². The van der Waals surface area contributed by atoms with Crippen LogP contribution in [0.3, 0.4) is 0 Å². The van der Waals surface area contributed by atoms with Gasteiger partial charge >= 0.3 is 0 Å². The van der Waals surface area contributed by atoms with Gasteiger partial charge in [-0.3, -0.25) is 4.40 Å². The molecule has 0 aliphatic carbocycles. The van der Waals surface area contributed by atoms with E-state index in [-0.39, 0.29) is 16.9 Å². The average molecular weight is 591 g/mol. The molecular formula is C20H11I2N5O. The van der Waals surface area contributed by atoms with Crippen LogP contribution in [0.2, 0.25) is 0 Å². The van der Waals surface area contributed by atoms with Gasteiger partial charge in [0.05, 0.1) is 21.7 Å². The van der Waals surface area contributed by atoms with Crippen LogP contribution in [-0.4, -0.2) is 16.5 Å². The van der Waals surface area contributed by atoms with Crippen molar-refractivity contribution in [2.75, 3.05) is 12.8 Å². The molecule has 4 rings (SSSR count). The molecule has 2 aromatic heterocycles. The van der Waals surface area contributed by atoms with Gasteiger partial charge in [-0.1, -0.05) is 12.1 Å². The van der Waals surface area contributed by atoms with E-state index in [1.807, 2.05) is 36.4 Å². The third-order valence-electron chi connectivity index (χ3n) is 4.49. The summed E-state index contributed by atoms with van der Waals surface area (Å²) in [5.41, 5.74) is 9.90. The highest BCUT2D eigenvalue weighted by atomic mass is 127. The zero-order valence-corrected chi connectivity index (χ0v) is 18.8. The fraction of sp³-hybridized carbons (Fsp3) is 0.0500. The SMILES string of the molecule is COc1c(I)cc(I)cc1-c1c(C#N)c(N)n2c(nc3ccccc32)c1C#N. The molecule has 0 atom stereocenters. The lowest BCUT2D eigenvalue weighted by molar-refractivity contribution is 0.413. The van der Waals surface area contributed by atoms with E-state index < -0.39 is 0 Å². The largest absolute Gasteiger partial charge is 0.495 e. The van der Waals surface area contributed by atoms with Crippen LogP contribution in [0.15, 0.2) is 36.4 Å². The molecule has 28 heavy (non-hydrogen) atoms. The van der Waals surface area contributed by atoms with Gasteiger partial charge in [0.2, 0.25) is 0 Å². The predicted molar refractivity (Wildman–Crippen MR) is 124 cm³/mol. The number of pyridine rings is 1. The van der Waals surface area contributed by atoms with Crippen molar-refractivity contribution in [2.24, 2.45) is 0 Å². The number of hydrogen-bond donors (Lipinski definition) is 1. The number of benzene rings is 2. The summed E-state index contributed by atoms with van der Waals surface area (Å²) in [6.07, 6.45) is 0. The highest BCUT2D eigenvalue weighted by molar-refractivity contribution is 14.1. The van der Waals surface area contributed by atoms with Gasteiger partial charge in [-0.05, 0) is 69.4 Å². The van der Waals surface area contributed by atoms with Crippen molar-refractivity contribution in [3.05, 3.63) is 54.7 Å². The molecule has 0 spiro atoms. The first-order valence-electron chi connectivity index (χ1n) is 8.08. The van der Waals surface area contributed by atoms with Crippen molar-refractivity contribution in [1.82, 2.24) is 9.38 Å². The van der Waals surface area contributed by atoms with E-state index in [0.29, 0.717) is 28.0 Å². The minimum atomic E-state index is 0.225. The number of nitriles is 2. The van der Waals surface area contributed by atoms with Crippen molar-refractivity contribution in [3.63, 3.8) is 0 Å². The van der Waals surface area contributed by atoms with Crippen LogP contribution in [0.1, 0.15) is 11.1 Å². The maximum absolute atomic E-state index is 10.0. The summed E-state index contributed by atoms with van der Waals surface area (Å²) < 4.78 is 9.10. The fourth-order valence-electron chi connectivity index (χ4n) is 3.36. The number of imidazole rings is 1. The number of nitrogens with zero attached hydrogens (tertiary/aromatic N) is 4. The number of methoxy groups -OCH3 is 1. The summed E-state index contributed by atoms with van der Waals surface area (Å²) in [6.45, 7) is 0. The van der Waals surface area contributed by atoms with Gasteiger partial charge in [-0.25, -0.2) is 4.98 Å². The maximum atomic E-state index is 10.0. The monoisotopic (exact) mass is 591 g/mol. The topological polar surface area (TPSA) is 100 Å². The van der Waals surface area contributed by atoms with E-state index in [0.717, 1.165) is 12.7 Å². The van der Waals surface area contributed by atoms with Crippen molar-refractivity contribution in [2.45, 2.75) is 0 Å². The lowest BCUT2D eigenvalue weighted by Crippen LogP contribution is -2.06. The average Bonchev–Trinajstić information content (AvgIpc) is 3.07. The van der Waals surface area contributed by atoms with Crippen molar-refractivity contribution in [3.8, 4) is 29.0 Å². The number of anilines is 1. The summed E-state index contributed by atoms with van der Waals surface area (Å²) in [5, 5.41) is 20.0. The highest BCUT2D eigenvalue weighted by Crippen LogP contribution is 2.42. The van der Waals surface area contributed by atoms with Gasteiger partial charge in [-0.15, -0.1) is 0 Å². The van der Waals surface area contributed by atoms with Crippen molar-refractivity contribution in [1.29, 1.82) is 10.5 Å². The quantitative estimate of drug-likeness (QED) is 0.341. The van der Waals surface area contributed by atoms with Crippen LogP contribution in [0.4, 0.5) is 5.82 Å². The van der Waals surface area contributed by atoms with Crippen LogP contribution in [-0.2, 0) is 0 Å². The van der Waals surface area contributed by atoms with Crippen LogP contribution in [0, 0.1) is 29.8 Å². The number of para-hydroxylation sites is 2. The summed E-state index contributed by atoms with van der Waals surface area (Å²) >= 11 is 4.37. The minimum Gasteiger partial charge on any atom is -0.495 e.